The van der Waals surface area contributed by atoms with E-state index in [9.17, 15) is 4.79 Å². The number of rotatable bonds is 8. The van der Waals surface area contributed by atoms with Crippen molar-refractivity contribution in [3.8, 4) is 11.5 Å². The molecule has 0 atom stereocenters. The first-order valence-electron chi connectivity index (χ1n) is 7.51. The van der Waals surface area contributed by atoms with Crippen LogP contribution in [0.15, 0.2) is 48.7 Å². The topological polar surface area (TPSA) is 69.7 Å². The van der Waals surface area contributed by atoms with Crippen LogP contribution in [0.4, 0.5) is 5.82 Å². The van der Waals surface area contributed by atoms with Gasteiger partial charge in [-0.15, -0.1) is 0 Å². The van der Waals surface area contributed by atoms with Gasteiger partial charge in [-0.1, -0.05) is 12.1 Å². The molecule has 126 valence electrons. The molecule has 1 aromatic heterocycles. The highest BCUT2D eigenvalue weighted by Gasteiger charge is 2.06. The van der Waals surface area contributed by atoms with E-state index in [-0.39, 0.29) is 12.7 Å². The second kappa shape index (κ2) is 9.32. The van der Waals surface area contributed by atoms with E-state index >= 15 is 0 Å². The molecular formula is C18H20N2O4. The lowest BCUT2D eigenvalue weighted by Crippen LogP contribution is -2.10. The predicted octanol–water partition coefficient (Wildman–Crippen LogP) is 3.11. The summed E-state index contributed by atoms with van der Waals surface area (Å²) in [6.07, 6.45) is 4.74. The molecule has 0 fully saturated rings. The molecule has 0 aliphatic heterocycles. The molecule has 2 rings (SSSR count). The predicted molar refractivity (Wildman–Crippen MR) is 92.0 cm³/mol. The van der Waals surface area contributed by atoms with Crippen LogP contribution in [-0.4, -0.2) is 31.4 Å². The summed E-state index contributed by atoms with van der Waals surface area (Å²) in [5.41, 5.74) is 0.876. The first kappa shape index (κ1) is 17.5. The summed E-state index contributed by atoms with van der Waals surface area (Å²) in [4.78, 5) is 16.1. The van der Waals surface area contributed by atoms with E-state index in [4.69, 9.17) is 14.2 Å². The third-order valence-corrected chi connectivity index (χ3v) is 2.96. The van der Waals surface area contributed by atoms with Crippen LogP contribution in [0.1, 0.15) is 12.5 Å². The smallest absolute Gasteiger partial charge is 0.249 e. The van der Waals surface area contributed by atoms with Crippen molar-refractivity contribution >= 4 is 17.8 Å². The van der Waals surface area contributed by atoms with Gasteiger partial charge in [-0.25, -0.2) is 4.98 Å². The molecule has 1 N–H and O–H groups in total. The molecule has 0 aliphatic carbocycles. The van der Waals surface area contributed by atoms with Crippen molar-refractivity contribution in [3.63, 3.8) is 0 Å². The van der Waals surface area contributed by atoms with Crippen molar-refractivity contribution < 1.29 is 19.0 Å². The van der Waals surface area contributed by atoms with Crippen LogP contribution in [0.3, 0.4) is 0 Å². The Labute approximate surface area is 141 Å². The van der Waals surface area contributed by atoms with Gasteiger partial charge in [0.25, 0.3) is 0 Å². The summed E-state index contributed by atoms with van der Waals surface area (Å²) < 4.78 is 15.6. The summed E-state index contributed by atoms with van der Waals surface area (Å²) in [5.74, 6) is 1.36. The van der Waals surface area contributed by atoms with Crippen LogP contribution in [0.2, 0.25) is 0 Å². The molecule has 1 heterocycles. The zero-order valence-corrected chi connectivity index (χ0v) is 13.7. The summed E-state index contributed by atoms with van der Waals surface area (Å²) in [5, 5.41) is 2.70. The maximum atomic E-state index is 12.0. The fourth-order valence-corrected chi connectivity index (χ4v) is 1.89. The third kappa shape index (κ3) is 5.40. The van der Waals surface area contributed by atoms with Crippen molar-refractivity contribution in [2.75, 3.05) is 25.8 Å². The fourth-order valence-electron chi connectivity index (χ4n) is 1.89. The van der Waals surface area contributed by atoms with Gasteiger partial charge in [0.15, 0.2) is 18.4 Å². The number of nitrogens with one attached hydrogen (secondary N) is 1. The van der Waals surface area contributed by atoms with Crippen LogP contribution >= 0.6 is 0 Å². The summed E-state index contributed by atoms with van der Waals surface area (Å²) in [6.45, 7) is 2.57. The molecule has 0 bridgehead atoms. The lowest BCUT2D eigenvalue weighted by molar-refractivity contribution is -0.111. The second-order valence-electron chi connectivity index (χ2n) is 4.73. The van der Waals surface area contributed by atoms with Gasteiger partial charge in [0.2, 0.25) is 5.91 Å². The number of amides is 1. The zero-order valence-electron chi connectivity index (χ0n) is 13.7. The molecule has 0 saturated heterocycles. The van der Waals surface area contributed by atoms with Crippen molar-refractivity contribution in [2.45, 2.75) is 6.92 Å². The van der Waals surface area contributed by atoms with Gasteiger partial charge >= 0.3 is 0 Å². The molecule has 6 heteroatoms. The van der Waals surface area contributed by atoms with Crippen LogP contribution in [0.25, 0.3) is 6.08 Å². The number of ether oxygens (including phenoxy) is 3. The SMILES string of the molecule is CCOc1cccnc1NC(=O)/C=C/c1ccc(OCOC)cc1. The summed E-state index contributed by atoms with van der Waals surface area (Å²) in [6, 6.07) is 10.8. The molecule has 24 heavy (non-hydrogen) atoms. The molecule has 1 amide bonds. The number of hydrogen-bond acceptors (Lipinski definition) is 5. The molecular weight excluding hydrogens is 308 g/mol. The number of anilines is 1. The van der Waals surface area contributed by atoms with E-state index in [1.807, 2.05) is 31.2 Å². The minimum atomic E-state index is -0.283. The Morgan fingerprint density at radius 2 is 2.00 bits per heavy atom. The quantitative estimate of drug-likeness (QED) is 0.595. The summed E-state index contributed by atoms with van der Waals surface area (Å²) >= 11 is 0. The Kier molecular flexibility index (Phi) is 6.79. The fraction of sp³-hybridized carbons (Fsp3) is 0.222. The first-order valence-corrected chi connectivity index (χ1v) is 7.51. The van der Waals surface area contributed by atoms with Gasteiger partial charge in [-0.3, -0.25) is 4.79 Å². The number of benzene rings is 1. The molecule has 6 nitrogen and oxygen atoms in total. The normalized spacial score (nSPS) is 10.6. The number of nitrogens with zero attached hydrogens (tertiary/aromatic N) is 1. The van der Waals surface area contributed by atoms with Crippen LogP contribution in [0.5, 0.6) is 11.5 Å². The van der Waals surface area contributed by atoms with Crippen LogP contribution < -0.4 is 14.8 Å². The third-order valence-electron chi connectivity index (χ3n) is 2.96. The molecule has 0 unspecified atom stereocenters. The average molecular weight is 328 g/mol. The van der Waals surface area contributed by atoms with Crippen LogP contribution in [0, 0.1) is 0 Å². The van der Waals surface area contributed by atoms with E-state index in [2.05, 4.69) is 10.3 Å². The van der Waals surface area contributed by atoms with E-state index < -0.39 is 0 Å². The molecule has 0 spiro atoms. The van der Waals surface area contributed by atoms with E-state index in [0.717, 1.165) is 5.56 Å². The standard InChI is InChI=1S/C18H20N2O4/c1-3-23-16-5-4-12-19-18(16)20-17(21)11-8-14-6-9-15(10-7-14)24-13-22-2/h4-12H,3,13H2,1-2H3,(H,19,20,21)/b11-8+. The van der Waals surface area contributed by atoms with Gasteiger partial charge in [-0.2, -0.15) is 0 Å². The van der Waals surface area contributed by atoms with E-state index in [1.54, 1.807) is 31.5 Å². The highest BCUT2D eigenvalue weighted by Crippen LogP contribution is 2.20. The highest BCUT2D eigenvalue weighted by molar-refractivity contribution is 6.02. The Hall–Kier alpha value is -2.86. The van der Waals surface area contributed by atoms with Crippen molar-refractivity contribution in [1.29, 1.82) is 0 Å². The monoisotopic (exact) mass is 328 g/mol. The first-order chi connectivity index (χ1) is 11.7. The van der Waals surface area contributed by atoms with Crippen molar-refractivity contribution in [1.82, 2.24) is 4.98 Å². The van der Waals surface area contributed by atoms with Crippen molar-refractivity contribution in [3.05, 3.63) is 54.2 Å². The molecule has 0 saturated carbocycles. The Balaban J connectivity index is 1.95. The van der Waals surface area contributed by atoms with Gasteiger partial charge in [-0.05, 0) is 42.8 Å². The lowest BCUT2D eigenvalue weighted by atomic mass is 10.2. The van der Waals surface area contributed by atoms with Gasteiger partial charge in [0.05, 0.1) is 6.61 Å². The molecule has 1 aromatic carbocycles. The molecule has 0 radical (unpaired) electrons. The zero-order chi connectivity index (χ0) is 17.2. The number of aromatic nitrogens is 1. The Morgan fingerprint density at radius 3 is 2.71 bits per heavy atom. The number of methoxy groups -OCH3 is 1. The average Bonchev–Trinajstić information content (AvgIpc) is 2.61. The number of pyridine rings is 1. The molecule has 0 aliphatic rings. The van der Waals surface area contributed by atoms with E-state index in [0.29, 0.717) is 23.9 Å². The Bertz CT molecular complexity index is 684. The lowest BCUT2D eigenvalue weighted by Gasteiger charge is -2.08. The maximum absolute atomic E-state index is 12.0. The van der Waals surface area contributed by atoms with Gasteiger partial charge in [0.1, 0.15) is 5.75 Å². The number of carbonyl (C=O) groups is 1. The van der Waals surface area contributed by atoms with E-state index in [1.165, 1.54) is 6.08 Å². The highest BCUT2D eigenvalue weighted by atomic mass is 16.7. The number of hydrogen-bond donors (Lipinski definition) is 1. The summed E-state index contributed by atoms with van der Waals surface area (Å²) in [7, 11) is 1.56. The Morgan fingerprint density at radius 1 is 1.21 bits per heavy atom. The number of carbonyl (C=O) groups excluding carboxylic acids is 1. The molecule has 2 aromatic rings. The van der Waals surface area contributed by atoms with Gasteiger partial charge < -0.3 is 19.5 Å². The van der Waals surface area contributed by atoms with Crippen molar-refractivity contribution in [2.24, 2.45) is 0 Å². The van der Waals surface area contributed by atoms with Crippen LogP contribution in [-0.2, 0) is 9.53 Å². The largest absolute Gasteiger partial charge is 0.490 e. The maximum Gasteiger partial charge on any atom is 0.249 e. The second-order valence-corrected chi connectivity index (χ2v) is 4.73. The minimum absolute atomic E-state index is 0.198. The minimum Gasteiger partial charge on any atom is -0.490 e. The van der Waals surface area contributed by atoms with Gasteiger partial charge in [0, 0.05) is 19.4 Å².